The molecule has 0 amide bonds. The van der Waals surface area contributed by atoms with Crippen LogP contribution in [0, 0.1) is 0 Å². The molecular formula is C32H32N2O9S. The molecule has 2 aromatic carbocycles. The molecule has 230 valence electrons. The van der Waals surface area contributed by atoms with Crippen LogP contribution in [0.3, 0.4) is 0 Å². The molecule has 0 saturated heterocycles. The van der Waals surface area contributed by atoms with E-state index in [2.05, 4.69) is 4.99 Å². The van der Waals surface area contributed by atoms with Gasteiger partial charge in [0.05, 0.1) is 58.0 Å². The van der Waals surface area contributed by atoms with Gasteiger partial charge in [0.25, 0.3) is 5.56 Å². The number of carbonyl (C=O) groups is 1. The molecule has 1 aliphatic rings. The summed E-state index contributed by atoms with van der Waals surface area (Å²) in [5.41, 5.74) is 1.57. The van der Waals surface area contributed by atoms with Crippen LogP contribution in [0.1, 0.15) is 31.2 Å². The van der Waals surface area contributed by atoms with Gasteiger partial charge in [0, 0.05) is 17.2 Å². The Balaban J connectivity index is 1.65. The molecular weight excluding hydrogens is 588 g/mol. The van der Waals surface area contributed by atoms with E-state index in [-0.39, 0.29) is 17.7 Å². The van der Waals surface area contributed by atoms with Crippen LogP contribution in [-0.2, 0) is 9.53 Å². The van der Waals surface area contributed by atoms with Crippen molar-refractivity contribution in [1.29, 1.82) is 0 Å². The van der Waals surface area contributed by atoms with E-state index >= 15 is 0 Å². The lowest BCUT2D eigenvalue weighted by atomic mass is 9.95. The second-order valence-electron chi connectivity index (χ2n) is 9.53. The third-order valence-electron chi connectivity index (χ3n) is 7.10. The van der Waals surface area contributed by atoms with Crippen LogP contribution in [-0.4, -0.2) is 52.7 Å². The van der Waals surface area contributed by atoms with Gasteiger partial charge in [-0.2, -0.15) is 0 Å². The van der Waals surface area contributed by atoms with Crippen LogP contribution < -0.4 is 38.6 Å². The van der Waals surface area contributed by atoms with Crippen molar-refractivity contribution < 1.29 is 37.6 Å². The summed E-state index contributed by atoms with van der Waals surface area (Å²) in [5, 5.41) is 0. The zero-order valence-electron chi connectivity index (χ0n) is 25.4. The minimum atomic E-state index is -0.871. The van der Waals surface area contributed by atoms with Crippen molar-refractivity contribution in [3.63, 3.8) is 0 Å². The van der Waals surface area contributed by atoms with Crippen LogP contribution in [0.15, 0.2) is 67.9 Å². The Hall–Kier alpha value is -4.97. The first-order valence-electron chi connectivity index (χ1n) is 13.6. The fourth-order valence-corrected chi connectivity index (χ4v) is 6.10. The van der Waals surface area contributed by atoms with Gasteiger partial charge < -0.3 is 32.8 Å². The number of nitrogens with zero attached hydrogens (tertiary/aromatic N) is 2. The molecule has 0 aliphatic carbocycles. The topological polar surface area (TPSA) is 120 Å². The Labute approximate surface area is 257 Å². The molecule has 11 nitrogen and oxygen atoms in total. The highest BCUT2D eigenvalue weighted by molar-refractivity contribution is 7.07. The van der Waals surface area contributed by atoms with Crippen LogP contribution in [0.5, 0.6) is 28.7 Å². The van der Waals surface area contributed by atoms with E-state index in [1.165, 1.54) is 44.3 Å². The lowest BCUT2D eigenvalue weighted by molar-refractivity contribution is -0.139. The third-order valence-corrected chi connectivity index (χ3v) is 8.08. The molecule has 44 heavy (non-hydrogen) atoms. The van der Waals surface area contributed by atoms with E-state index in [1.807, 2.05) is 0 Å². The smallest absolute Gasteiger partial charge is 0.338 e. The molecule has 0 fully saturated rings. The van der Waals surface area contributed by atoms with Gasteiger partial charge in [0.2, 0.25) is 5.75 Å². The van der Waals surface area contributed by atoms with E-state index < -0.39 is 12.0 Å². The van der Waals surface area contributed by atoms with Crippen molar-refractivity contribution in [3.05, 3.63) is 84.7 Å². The number of methoxy groups -OCH3 is 5. The van der Waals surface area contributed by atoms with Crippen molar-refractivity contribution in [2.24, 2.45) is 4.99 Å². The number of carbonyl (C=O) groups excluding carboxylic acids is 1. The van der Waals surface area contributed by atoms with E-state index in [0.29, 0.717) is 66.4 Å². The minimum Gasteiger partial charge on any atom is -0.497 e. The zero-order valence-corrected chi connectivity index (χ0v) is 26.2. The van der Waals surface area contributed by atoms with Crippen LogP contribution in [0.2, 0.25) is 0 Å². The van der Waals surface area contributed by atoms with Crippen LogP contribution in [0.25, 0.3) is 17.4 Å². The fourth-order valence-electron chi connectivity index (χ4n) is 5.08. The van der Waals surface area contributed by atoms with Gasteiger partial charge >= 0.3 is 5.97 Å². The summed E-state index contributed by atoms with van der Waals surface area (Å²) in [6.45, 7) is 3.60. The molecule has 5 rings (SSSR count). The number of esters is 1. The lowest BCUT2D eigenvalue weighted by Gasteiger charge is -2.26. The van der Waals surface area contributed by atoms with Crippen LogP contribution >= 0.6 is 11.3 Å². The number of furan rings is 1. The Morgan fingerprint density at radius 1 is 0.955 bits per heavy atom. The van der Waals surface area contributed by atoms with Crippen molar-refractivity contribution in [2.45, 2.75) is 19.9 Å². The number of benzene rings is 2. The monoisotopic (exact) mass is 620 g/mol. The van der Waals surface area contributed by atoms with Gasteiger partial charge in [-0.3, -0.25) is 9.36 Å². The molecule has 1 atom stereocenters. The number of rotatable bonds is 10. The summed E-state index contributed by atoms with van der Waals surface area (Å²) in [7, 11) is 7.68. The molecule has 2 aromatic heterocycles. The number of thiazole rings is 1. The molecule has 0 N–H and O–H groups in total. The number of fused-ring (bicyclic) bond motifs is 1. The molecule has 0 radical (unpaired) electrons. The first-order chi connectivity index (χ1) is 21.3. The molecule has 3 heterocycles. The maximum absolute atomic E-state index is 14.0. The van der Waals surface area contributed by atoms with E-state index in [1.54, 1.807) is 69.5 Å². The maximum Gasteiger partial charge on any atom is 0.338 e. The number of allylic oxidation sites excluding steroid dienone is 1. The third kappa shape index (κ3) is 5.44. The van der Waals surface area contributed by atoms with Gasteiger partial charge in [-0.15, -0.1) is 0 Å². The summed E-state index contributed by atoms with van der Waals surface area (Å²) in [6, 6.07) is 11.5. The quantitative estimate of drug-likeness (QED) is 0.241. The van der Waals surface area contributed by atoms with E-state index in [9.17, 15) is 9.59 Å². The Morgan fingerprint density at radius 2 is 1.66 bits per heavy atom. The highest BCUT2D eigenvalue weighted by atomic mass is 32.1. The molecule has 0 saturated carbocycles. The summed E-state index contributed by atoms with van der Waals surface area (Å²) in [4.78, 5) is 32.4. The maximum atomic E-state index is 14.0. The molecule has 4 aromatic rings. The van der Waals surface area contributed by atoms with Crippen molar-refractivity contribution >= 4 is 23.4 Å². The standard InChI is InChI=1S/C32H32N2O9S/c1-8-42-31(36)27-17(2)33-32-34(28(27)21-15-19(37-3)9-12-23(21)38-4)30(35)26(44-32)16-20-10-11-22(43-20)18-13-24(39-5)29(41-7)25(14-18)40-6/h9-16,28H,8H2,1-7H3/b26-16-. The molecule has 1 unspecified atom stereocenters. The largest absolute Gasteiger partial charge is 0.497 e. The van der Waals surface area contributed by atoms with Gasteiger partial charge in [0.1, 0.15) is 29.1 Å². The van der Waals surface area contributed by atoms with Gasteiger partial charge in [-0.1, -0.05) is 11.3 Å². The summed E-state index contributed by atoms with van der Waals surface area (Å²) < 4.78 is 40.8. The molecule has 0 spiro atoms. The number of hydrogen-bond acceptors (Lipinski definition) is 11. The van der Waals surface area contributed by atoms with Gasteiger partial charge in [-0.25, -0.2) is 9.79 Å². The summed E-state index contributed by atoms with van der Waals surface area (Å²) in [5.74, 6) is 2.84. The van der Waals surface area contributed by atoms with Gasteiger partial charge in [-0.05, 0) is 56.3 Å². The first kappa shape index (κ1) is 30.5. The van der Waals surface area contributed by atoms with Crippen molar-refractivity contribution in [2.75, 3.05) is 42.2 Å². The summed E-state index contributed by atoms with van der Waals surface area (Å²) >= 11 is 1.18. The van der Waals surface area contributed by atoms with Crippen LogP contribution in [0.4, 0.5) is 0 Å². The molecule has 12 heteroatoms. The highest BCUT2D eigenvalue weighted by Gasteiger charge is 2.35. The second-order valence-corrected chi connectivity index (χ2v) is 10.5. The van der Waals surface area contributed by atoms with E-state index in [0.717, 1.165) is 0 Å². The van der Waals surface area contributed by atoms with E-state index in [4.69, 9.17) is 32.8 Å². The number of ether oxygens (including phenoxy) is 6. The zero-order chi connectivity index (χ0) is 31.5. The Bertz CT molecular complexity index is 1910. The number of hydrogen-bond donors (Lipinski definition) is 0. The predicted octanol–water partition coefficient (Wildman–Crippen LogP) is 4.10. The minimum absolute atomic E-state index is 0.161. The summed E-state index contributed by atoms with van der Waals surface area (Å²) in [6.07, 6.45) is 1.65. The Morgan fingerprint density at radius 3 is 2.27 bits per heavy atom. The second kappa shape index (κ2) is 12.7. The van der Waals surface area contributed by atoms with Crippen molar-refractivity contribution in [3.8, 4) is 40.1 Å². The van der Waals surface area contributed by atoms with Crippen molar-refractivity contribution in [1.82, 2.24) is 4.57 Å². The normalized spacial score (nSPS) is 14.5. The lowest BCUT2D eigenvalue weighted by Crippen LogP contribution is -2.40. The molecule has 0 bridgehead atoms. The average molecular weight is 621 g/mol. The fraction of sp³-hybridized carbons (Fsp3) is 0.281. The van der Waals surface area contributed by atoms with Gasteiger partial charge in [0.15, 0.2) is 16.3 Å². The number of aromatic nitrogens is 1. The first-order valence-corrected chi connectivity index (χ1v) is 14.4. The predicted molar refractivity (Wildman–Crippen MR) is 164 cm³/mol. The molecule has 1 aliphatic heterocycles. The SMILES string of the molecule is CCOC(=O)C1=C(C)N=c2s/c(=C\c3ccc(-c4cc(OC)c(OC)c(OC)c4)o3)c(=O)n2C1c1cc(OC)ccc1OC. The average Bonchev–Trinajstić information content (AvgIpc) is 3.63. The highest BCUT2D eigenvalue weighted by Crippen LogP contribution is 2.42. The Kier molecular flexibility index (Phi) is 8.81.